The molecule has 0 spiro atoms. The third-order valence-corrected chi connectivity index (χ3v) is 5.67. The van der Waals surface area contributed by atoms with E-state index in [1.165, 1.54) is 33.4 Å². The van der Waals surface area contributed by atoms with E-state index in [1.54, 1.807) is 12.1 Å². The Hall–Kier alpha value is -3.05. The zero-order valence-electron chi connectivity index (χ0n) is 15.1. The van der Waals surface area contributed by atoms with Crippen molar-refractivity contribution in [1.29, 1.82) is 0 Å². The van der Waals surface area contributed by atoms with Gasteiger partial charge in [-0.25, -0.2) is 4.98 Å². The number of benzene rings is 2. The summed E-state index contributed by atoms with van der Waals surface area (Å²) in [5, 5.41) is 2.54. The van der Waals surface area contributed by atoms with Gasteiger partial charge in [-0.15, -0.1) is 11.3 Å². The predicted molar refractivity (Wildman–Crippen MR) is 110 cm³/mol. The fraction of sp³-hybridized carbons (Fsp3) is 0.136. The molecule has 0 aliphatic carbocycles. The Morgan fingerprint density at radius 2 is 1.85 bits per heavy atom. The smallest absolute Gasteiger partial charge is 0.263 e. The Morgan fingerprint density at radius 3 is 2.59 bits per heavy atom. The number of carbonyl (C=O) groups excluding carboxylic acids is 1. The topological polar surface area (TPSA) is 52.0 Å². The second-order valence-electron chi connectivity index (χ2n) is 6.60. The van der Waals surface area contributed by atoms with Crippen LogP contribution >= 0.6 is 11.3 Å². The van der Waals surface area contributed by atoms with Crippen molar-refractivity contribution in [1.82, 2.24) is 9.55 Å². The molecule has 0 aliphatic rings. The van der Waals surface area contributed by atoms with Gasteiger partial charge in [-0.1, -0.05) is 48.5 Å². The number of Topliss-reactive ketones (excluding diaryl/α,β-unsaturated/α-hetero) is 1. The number of aryl methyl sites for hydroxylation is 2. The highest BCUT2D eigenvalue weighted by Gasteiger charge is 2.15. The lowest BCUT2D eigenvalue weighted by atomic mass is 10.0. The van der Waals surface area contributed by atoms with Crippen molar-refractivity contribution in [3.05, 3.63) is 87.3 Å². The van der Waals surface area contributed by atoms with Gasteiger partial charge >= 0.3 is 0 Å². The van der Waals surface area contributed by atoms with Gasteiger partial charge in [0.25, 0.3) is 5.56 Å². The highest BCUT2D eigenvalue weighted by atomic mass is 32.1. The first-order chi connectivity index (χ1) is 13.0. The molecule has 0 N–H and O–H groups in total. The molecule has 134 valence electrons. The number of aromatic nitrogens is 2. The van der Waals surface area contributed by atoms with Crippen molar-refractivity contribution in [2.45, 2.75) is 20.4 Å². The Labute approximate surface area is 160 Å². The lowest BCUT2D eigenvalue weighted by Gasteiger charge is -2.07. The zero-order chi connectivity index (χ0) is 19.0. The molecular weight excluding hydrogens is 356 g/mol. The van der Waals surface area contributed by atoms with Gasteiger partial charge in [0.15, 0.2) is 5.78 Å². The van der Waals surface area contributed by atoms with Crippen LogP contribution in [0.1, 0.15) is 21.5 Å². The summed E-state index contributed by atoms with van der Waals surface area (Å²) in [6.07, 6.45) is 1.46. The van der Waals surface area contributed by atoms with Gasteiger partial charge in [-0.05, 0) is 30.5 Å². The molecule has 2 heterocycles. The number of thiophene rings is 1. The number of fused-ring (bicyclic) bond motifs is 1. The summed E-state index contributed by atoms with van der Waals surface area (Å²) in [5.41, 5.74) is 4.66. The average molecular weight is 374 g/mol. The Morgan fingerprint density at radius 1 is 1.07 bits per heavy atom. The van der Waals surface area contributed by atoms with Gasteiger partial charge in [-0.3, -0.25) is 14.2 Å². The number of carbonyl (C=O) groups is 1. The summed E-state index contributed by atoms with van der Waals surface area (Å²) in [7, 11) is 0. The molecule has 0 aliphatic heterocycles. The van der Waals surface area contributed by atoms with Crippen LogP contribution in [0.15, 0.2) is 65.0 Å². The van der Waals surface area contributed by atoms with E-state index < -0.39 is 0 Å². The van der Waals surface area contributed by atoms with Crippen LogP contribution in [0.25, 0.3) is 21.3 Å². The van der Waals surface area contributed by atoms with E-state index in [4.69, 9.17) is 0 Å². The van der Waals surface area contributed by atoms with Crippen molar-refractivity contribution in [2.24, 2.45) is 0 Å². The first kappa shape index (κ1) is 17.4. The summed E-state index contributed by atoms with van der Waals surface area (Å²) in [5.74, 6) is -0.109. The van der Waals surface area contributed by atoms with Crippen LogP contribution in [0.5, 0.6) is 0 Å². The molecule has 0 radical (unpaired) electrons. The first-order valence-corrected chi connectivity index (χ1v) is 9.55. The second-order valence-corrected chi connectivity index (χ2v) is 7.45. The number of rotatable bonds is 4. The van der Waals surface area contributed by atoms with E-state index in [0.717, 1.165) is 11.1 Å². The van der Waals surface area contributed by atoms with Crippen molar-refractivity contribution in [3.8, 4) is 11.1 Å². The molecule has 0 saturated heterocycles. The van der Waals surface area contributed by atoms with E-state index >= 15 is 0 Å². The highest BCUT2D eigenvalue weighted by molar-refractivity contribution is 7.17. The van der Waals surface area contributed by atoms with Gasteiger partial charge in [0.05, 0.1) is 18.3 Å². The highest BCUT2D eigenvalue weighted by Crippen LogP contribution is 2.31. The summed E-state index contributed by atoms with van der Waals surface area (Å²) in [6, 6.07) is 15.2. The molecule has 0 unspecified atom stereocenters. The van der Waals surface area contributed by atoms with Crippen LogP contribution in [-0.4, -0.2) is 15.3 Å². The lowest BCUT2D eigenvalue weighted by molar-refractivity contribution is 0.0970. The van der Waals surface area contributed by atoms with Crippen molar-refractivity contribution in [2.75, 3.05) is 0 Å². The molecule has 4 aromatic rings. The lowest BCUT2D eigenvalue weighted by Crippen LogP contribution is -2.24. The zero-order valence-corrected chi connectivity index (χ0v) is 15.9. The maximum Gasteiger partial charge on any atom is 0.263 e. The molecule has 0 fully saturated rings. The minimum absolute atomic E-state index is 0.0198. The summed E-state index contributed by atoms with van der Waals surface area (Å²) >= 11 is 1.45. The van der Waals surface area contributed by atoms with Crippen LogP contribution < -0.4 is 5.56 Å². The average Bonchev–Trinajstić information content (AvgIpc) is 3.12. The van der Waals surface area contributed by atoms with Crippen molar-refractivity contribution >= 4 is 27.3 Å². The quantitative estimate of drug-likeness (QED) is 0.490. The molecule has 0 amide bonds. The standard InChI is InChI=1S/C22H18N2O2S/c1-14-8-9-17(10-15(14)2)18-12-27-21-20(18)22(26)24(13-23-21)11-19(25)16-6-4-3-5-7-16/h3-10,12-13H,11H2,1-2H3. The number of hydrogen-bond donors (Lipinski definition) is 0. The summed E-state index contributed by atoms with van der Waals surface area (Å²) in [4.78, 5) is 30.7. The van der Waals surface area contributed by atoms with Crippen LogP contribution in [0.4, 0.5) is 0 Å². The molecule has 27 heavy (non-hydrogen) atoms. The van der Waals surface area contributed by atoms with Gasteiger partial charge in [-0.2, -0.15) is 0 Å². The molecule has 2 aromatic heterocycles. The molecule has 0 atom stereocenters. The number of hydrogen-bond acceptors (Lipinski definition) is 4. The van der Waals surface area contributed by atoms with Gasteiger partial charge in [0.1, 0.15) is 4.83 Å². The van der Waals surface area contributed by atoms with Crippen LogP contribution in [-0.2, 0) is 6.54 Å². The number of ketones is 1. The molecule has 0 bridgehead atoms. The molecule has 0 saturated carbocycles. The summed E-state index contributed by atoms with van der Waals surface area (Å²) in [6.45, 7) is 4.10. The minimum Gasteiger partial charge on any atom is -0.292 e. The van der Waals surface area contributed by atoms with Crippen molar-refractivity contribution < 1.29 is 4.79 Å². The van der Waals surface area contributed by atoms with Crippen LogP contribution in [0.2, 0.25) is 0 Å². The molecule has 4 rings (SSSR count). The fourth-order valence-electron chi connectivity index (χ4n) is 3.07. The monoisotopic (exact) mass is 374 g/mol. The van der Waals surface area contributed by atoms with Crippen molar-refractivity contribution in [3.63, 3.8) is 0 Å². The molecule has 5 heteroatoms. The van der Waals surface area contributed by atoms with Crippen LogP contribution in [0.3, 0.4) is 0 Å². The van der Waals surface area contributed by atoms with E-state index in [2.05, 4.69) is 31.0 Å². The van der Waals surface area contributed by atoms with Gasteiger partial charge in [0.2, 0.25) is 0 Å². The largest absolute Gasteiger partial charge is 0.292 e. The van der Waals surface area contributed by atoms with E-state index in [1.807, 2.05) is 29.6 Å². The first-order valence-electron chi connectivity index (χ1n) is 8.67. The second kappa shape index (κ2) is 6.93. The SMILES string of the molecule is Cc1ccc(-c2csc3ncn(CC(=O)c4ccccc4)c(=O)c23)cc1C. The molecule has 2 aromatic carbocycles. The van der Waals surface area contributed by atoms with E-state index in [0.29, 0.717) is 15.8 Å². The number of nitrogens with zero attached hydrogens (tertiary/aromatic N) is 2. The Balaban J connectivity index is 1.78. The maximum absolute atomic E-state index is 13.1. The van der Waals surface area contributed by atoms with Crippen LogP contribution in [0, 0.1) is 13.8 Å². The van der Waals surface area contributed by atoms with Gasteiger partial charge < -0.3 is 0 Å². The Kier molecular flexibility index (Phi) is 4.46. The Bertz CT molecular complexity index is 1210. The molecule has 4 nitrogen and oxygen atoms in total. The third-order valence-electron chi connectivity index (χ3n) is 4.79. The third kappa shape index (κ3) is 3.22. The summed E-state index contributed by atoms with van der Waals surface area (Å²) < 4.78 is 1.40. The van der Waals surface area contributed by atoms with E-state index in [-0.39, 0.29) is 17.9 Å². The fourth-order valence-corrected chi connectivity index (χ4v) is 3.98. The van der Waals surface area contributed by atoms with E-state index in [9.17, 15) is 9.59 Å². The van der Waals surface area contributed by atoms with Gasteiger partial charge in [0, 0.05) is 16.5 Å². The minimum atomic E-state index is -0.182. The predicted octanol–water partition coefficient (Wildman–Crippen LogP) is 4.62. The molecular formula is C22H18N2O2S. The maximum atomic E-state index is 13.1. The normalized spacial score (nSPS) is 11.0.